The Morgan fingerprint density at radius 1 is 0.647 bits per heavy atom. The van der Waals surface area contributed by atoms with Crippen molar-refractivity contribution in [3.05, 3.63) is 95.0 Å². The predicted molar refractivity (Wildman–Crippen MR) is 145 cm³/mol. The van der Waals surface area contributed by atoms with E-state index in [0.29, 0.717) is 0 Å². The molecule has 0 radical (unpaired) electrons. The monoisotopic (exact) mass is 464 g/mol. The summed E-state index contributed by atoms with van der Waals surface area (Å²) in [5, 5.41) is 3.17. The van der Waals surface area contributed by atoms with E-state index in [1.165, 1.54) is 40.3 Å². The summed E-state index contributed by atoms with van der Waals surface area (Å²) in [5.41, 5.74) is 9.83. The Bertz CT molecular complexity index is 1530. The van der Waals surface area contributed by atoms with Gasteiger partial charge in [-0.25, -0.2) is 0 Å². The predicted octanol–water partition coefficient (Wildman–Crippen LogP) is 9.92. The summed E-state index contributed by atoms with van der Waals surface area (Å²) in [6, 6.07) is 27.9. The van der Waals surface area contributed by atoms with E-state index >= 15 is 0 Å². The van der Waals surface area contributed by atoms with E-state index in [4.69, 9.17) is 16.0 Å². The molecule has 0 saturated carbocycles. The maximum Gasteiger partial charge on any atom is 0.143 e. The van der Waals surface area contributed by atoms with Crippen LogP contribution in [0.4, 0.5) is 0 Å². The van der Waals surface area contributed by atoms with Crippen LogP contribution >= 0.6 is 11.6 Å². The smallest absolute Gasteiger partial charge is 0.143 e. The van der Waals surface area contributed by atoms with Gasteiger partial charge < -0.3 is 4.42 Å². The average Bonchev–Trinajstić information content (AvgIpc) is 3.20. The molecule has 1 heterocycles. The molecule has 0 amide bonds. The molecule has 0 unspecified atom stereocenters. The van der Waals surface area contributed by atoms with Crippen LogP contribution in [0.1, 0.15) is 51.7 Å². The van der Waals surface area contributed by atoms with Crippen LogP contribution in [-0.4, -0.2) is 0 Å². The number of para-hydroxylation sites is 1. The third kappa shape index (κ3) is 3.37. The molecule has 0 atom stereocenters. The van der Waals surface area contributed by atoms with Gasteiger partial charge in [0.2, 0.25) is 0 Å². The quantitative estimate of drug-likeness (QED) is 0.253. The largest absolute Gasteiger partial charge is 0.455 e. The molecular formula is C32H29ClO. The van der Waals surface area contributed by atoms with Crippen LogP contribution in [0.5, 0.6) is 0 Å². The topological polar surface area (TPSA) is 13.1 Å². The maximum absolute atomic E-state index is 6.58. The Hall–Kier alpha value is -3.03. The van der Waals surface area contributed by atoms with Crippen LogP contribution < -0.4 is 0 Å². The Labute approximate surface area is 206 Å². The number of rotatable bonds is 2. The first-order chi connectivity index (χ1) is 16.2. The number of hydrogen-bond acceptors (Lipinski definition) is 1. The molecule has 0 fully saturated rings. The fourth-order valence-electron chi connectivity index (χ4n) is 5.57. The average molecular weight is 465 g/mol. The van der Waals surface area contributed by atoms with E-state index in [0.717, 1.165) is 32.9 Å². The number of benzene rings is 4. The van der Waals surface area contributed by atoms with Crippen LogP contribution in [0.3, 0.4) is 0 Å². The van der Waals surface area contributed by atoms with Gasteiger partial charge in [-0.3, -0.25) is 0 Å². The number of furan rings is 1. The molecule has 5 aromatic rings. The highest BCUT2D eigenvalue weighted by molar-refractivity contribution is 6.30. The van der Waals surface area contributed by atoms with Gasteiger partial charge in [-0.2, -0.15) is 0 Å². The second kappa shape index (κ2) is 7.48. The molecule has 0 N–H and O–H groups in total. The minimum atomic E-state index is 0.165. The van der Waals surface area contributed by atoms with Gasteiger partial charge in [0.05, 0.1) is 0 Å². The van der Waals surface area contributed by atoms with Crippen LogP contribution in [0.25, 0.3) is 44.2 Å². The minimum absolute atomic E-state index is 0.165. The van der Waals surface area contributed by atoms with Crippen molar-refractivity contribution >= 4 is 33.5 Å². The van der Waals surface area contributed by atoms with Crippen molar-refractivity contribution in [3.63, 3.8) is 0 Å². The molecule has 2 heteroatoms. The Balaban J connectivity index is 1.50. The highest BCUT2D eigenvalue weighted by Crippen LogP contribution is 2.48. The zero-order valence-electron chi connectivity index (χ0n) is 20.2. The van der Waals surface area contributed by atoms with E-state index in [1.54, 1.807) is 0 Å². The van der Waals surface area contributed by atoms with E-state index in [2.05, 4.69) is 94.4 Å². The van der Waals surface area contributed by atoms with Crippen molar-refractivity contribution in [3.8, 4) is 22.3 Å². The van der Waals surface area contributed by atoms with Crippen LogP contribution in [-0.2, 0) is 10.8 Å². The van der Waals surface area contributed by atoms with E-state index in [-0.39, 0.29) is 10.8 Å². The van der Waals surface area contributed by atoms with Crippen molar-refractivity contribution < 1.29 is 4.42 Å². The lowest BCUT2D eigenvalue weighted by atomic mass is 9.63. The highest BCUT2D eigenvalue weighted by atomic mass is 35.5. The first kappa shape index (κ1) is 21.5. The number of fused-ring (bicyclic) bond motifs is 4. The first-order valence-electron chi connectivity index (χ1n) is 12.1. The van der Waals surface area contributed by atoms with Gasteiger partial charge in [0.15, 0.2) is 0 Å². The molecule has 1 aromatic heterocycles. The minimum Gasteiger partial charge on any atom is -0.455 e. The van der Waals surface area contributed by atoms with Gasteiger partial charge in [-0.15, -0.1) is 0 Å². The van der Waals surface area contributed by atoms with Crippen molar-refractivity contribution in [1.29, 1.82) is 0 Å². The summed E-state index contributed by atoms with van der Waals surface area (Å²) in [6.45, 7) is 9.48. The zero-order chi connectivity index (χ0) is 23.7. The summed E-state index contributed by atoms with van der Waals surface area (Å²) < 4.78 is 6.58. The zero-order valence-corrected chi connectivity index (χ0v) is 21.0. The molecule has 1 aliphatic rings. The lowest BCUT2D eigenvalue weighted by Crippen LogP contribution is -2.33. The summed E-state index contributed by atoms with van der Waals surface area (Å²) in [4.78, 5) is 0. The van der Waals surface area contributed by atoms with Crippen LogP contribution in [0.2, 0.25) is 5.02 Å². The van der Waals surface area contributed by atoms with Gasteiger partial charge in [0.1, 0.15) is 11.2 Å². The van der Waals surface area contributed by atoms with Gasteiger partial charge in [0.25, 0.3) is 0 Å². The molecule has 0 spiro atoms. The molecule has 0 saturated heterocycles. The third-order valence-corrected chi connectivity index (χ3v) is 8.10. The fraction of sp³-hybridized carbons (Fsp3) is 0.250. The normalized spacial score (nSPS) is 16.6. The maximum atomic E-state index is 6.58. The van der Waals surface area contributed by atoms with E-state index in [9.17, 15) is 0 Å². The summed E-state index contributed by atoms with van der Waals surface area (Å²) in [5.74, 6) is 0. The molecule has 170 valence electrons. The SMILES string of the molecule is CC1(C)CCC(C)(C)c2cc3c(cc21)oc1c(-c2ccc(-c4ccc(Cl)cc4)cc2)cccc13. The molecule has 0 bridgehead atoms. The lowest BCUT2D eigenvalue weighted by Gasteiger charge is -2.41. The fourth-order valence-corrected chi connectivity index (χ4v) is 5.70. The molecule has 6 rings (SSSR count). The van der Waals surface area contributed by atoms with Gasteiger partial charge in [0, 0.05) is 21.4 Å². The summed E-state index contributed by atoms with van der Waals surface area (Å²) in [7, 11) is 0. The Morgan fingerprint density at radius 3 is 1.85 bits per heavy atom. The number of hydrogen-bond donors (Lipinski definition) is 0. The van der Waals surface area contributed by atoms with Crippen molar-refractivity contribution in [2.24, 2.45) is 0 Å². The Kier molecular flexibility index (Phi) is 4.73. The molecule has 1 nitrogen and oxygen atoms in total. The molecule has 4 aromatic carbocycles. The van der Waals surface area contributed by atoms with Crippen LogP contribution in [0.15, 0.2) is 83.3 Å². The summed E-state index contributed by atoms with van der Waals surface area (Å²) >= 11 is 6.06. The lowest BCUT2D eigenvalue weighted by molar-refractivity contribution is 0.332. The first-order valence-corrected chi connectivity index (χ1v) is 12.5. The standard InChI is InChI=1S/C32H29ClO/c1-31(2)16-17-32(3,4)28-19-29-26(18-27(28)31)25-7-5-6-24(30(25)34-29)22-10-8-20(9-11-22)21-12-14-23(33)15-13-21/h5-15,18-19H,16-17H2,1-4H3. The van der Waals surface area contributed by atoms with Gasteiger partial charge in [-0.1, -0.05) is 93.9 Å². The number of halogens is 1. The Morgan fingerprint density at radius 2 is 1.21 bits per heavy atom. The van der Waals surface area contributed by atoms with Crippen LogP contribution in [0, 0.1) is 0 Å². The highest BCUT2D eigenvalue weighted by Gasteiger charge is 2.37. The molecule has 1 aliphatic carbocycles. The van der Waals surface area contributed by atoms with E-state index in [1.807, 2.05) is 12.1 Å². The molecular weight excluding hydrogens is 436 g/mol. The molecule has 0 aliphatic heterocycles. The summed E-state index contributed by atoms with van der Waals surface area (Å²) in [6.07, 6.45) is 2.41. The van der Waals surface area contributed by atoms with Crippen molar-refractivity contribution in [2.75, 3.05) is 0 Å². The van der Waals surface area contributed by atoms with Gasteiger partial charge >= 0.3 is 0 Å². The van der Waals surface area contributed by atoms with Gasteiger partial charge in [-0.05, 0) is 75.8 Å². The van der Waals surface area contributed by atoms with Crippen molar-refractivity contribution in [1.82, 2.24) is 0 Å². The second-order valence-corrected chi connectivity index (χ2v) is 11.5. The third-order valence-electron chi connectivity index (χ3n) is 7.84. The van der Waals surface area contributed by atoms with E-state index < -0.39 is 0 Å². The second-order valence-electron chi connectivity index (χ2n) is 11.0. The molecule has 34 heavy (non-hydrogen) atoms. The van der Waals surface area contributed by atoms with Crippen molar-refractivity contribution in [2.45, 2.75) is 51.4 Å².